The van der Waals surface area contributed by atoms with Crippen LogP contribution in [0.3, 0.4) is 0 Å². The Bertz CT molecular complexity index is 1390. The van der Waals surface area contributed by atoms with Gasteiger partial charge in [0.25, 0.3) is 0 Å². The smallest absolute Gasteiger partial charge is 0.216 e. The summed E-state index contributed by atoms with van der Waals surface area (Å²) in [5.41, 5.74) is 2.52. The Hall–Kier alpha value is -4.31. The Balaban J connectivity index is 1.65. The third kappa shape index (κ3) is 5.33. The van der Waals surface area contributed by atoms with Gasteiger partial charge in [0.15, 0.2) is 28.8 Å². The van der Waals surface area contributed by atoms with Crippen LogP contribution >= 0.6 is 12.2 Å². The van der Waals surface area contributed by atoms with E-state index in [1.165, 1.54) is 4.68 Å². The summed E-state index contributed by atoms with van der Waals surface area (Å²) in [4.78, 5) is 0. The third-order valence-corrected chi connectivity index (χ3v) is 5.58. The van der Waals surface area contributed by atoms with E-state index in [4.69, 9.17) is 35.9 Å². The molecule has 1 N–H and O–H groups in total. The van der Waals surface area contributed by atoms with Crippen molar-refractivity contribution in [2.75, 3.05) is 28.4 Å². The molecule has 0 aliphatic carbocycles. The molecule has 0 saturated carbocycles. The second-order valence-electron chi connectivity index (χ2n) is 7.51. The van der Waals surface area contributed by atoms with E-state index in [0.717, 1.165) is 11.1 Å². The normalized spacial score (nSPS) is 10.9. The van der Waals surface area contributed by atoms with Gasteiger partial charge >= 0.3 is 0 Å². The van der Waals surface area contributed by atoms with E-state index in [0.29, 0.717) is 51.5 Å². The second kappa shape index (κ2) is 11.4. The second-order valence-corrected chi connectivity index (χ2v) is 7.89. The lowest BCUT2D eigenvalue weighted by Crippen LogP contribution is -2.00. The number of methoxy groups -OCH3 is 4. The number of nitrogens with zero attached hydrogens (tertiary/aromatic N) is 3. The molecule has 0 radical (unpaired) electrons. The van der Waals surface area contributed by atoms with E-state index in [-0.39, 0.29) is 0 Å². The molecular weight excluding hydrogens is 480 g/mol. The van der Waals surface area contributed by atoms with E-state index in [9.17, 15) is 0 Å². The number of aromatic amines is 1. The first-order valence-corrected chi connectivity index (χ1v) is 11.4. The molecule has 0 aliphatic heterocycles. The lowest BCUT2D eigenvalue weighted by atomic mass is 10.1. The molecule has 1 aromatic heterocycles. The fourth-order valence-corrected chi connectivity index (χ4v) is 3.72. The Morgan fingerprint density at radius 1 is 0.861 bits per heavy atom. The van der Waals surface area contributed by atoms with Gasteiger partial charge in [-0.05, 0) is 53.7 Å². The maximum absolute atomic E-state index is 6.01. The van der Waals surface area contributed by atoms with Crippen molar-refractivity contribution < 1.29 is 23.7 Å². The molecule has 186 valence electrons. The first-order valence-electron chi connectivity index (χ1n) is 10.9. The van der Waals surface area contributed by atoms with Crippen LogP contribution < -0.4 is 23.7 Å². The standard InChI is InChI=1S/C26H26N4O5S/c1-31-20-11-10-18(12-21(20)35-16-17-8-6-5-7-9-17)15-27-30-25(28-29-26(30)36)19-13-22(32-2)24(34-4)23(14-19)33-3/h5-15H,16H2,1-4H3,(H,29,36). The average Bonchev–Trinajstić information content (AvgIpc) is 3.30. The number of ether oxygens (including phenoxy) is 5. The molecule has 1 heterocycles. The summed E-state index contributed by atoms with van der Waals surface area (Å²) in [7, 11) is 6.26. The fraction of sp³-hybridized carbons (Fsp3) is 0.192. The maximum atomic E-state index is 6.01. The molecule has 4 aromatic rings. The first kappa shape index (κ1) is 24.8. The highest BCUT2D eigenvalue weighted by atomic mass is 32.1. The number of benzene rings is 3. The first-order chi connectivity index (χ1) is 17.6. The van der Waals surface area contributed by atoms with Gasteiger partial charge in [0.2, 0.25) is 10.5 Å². The van der Waals surface area contributed by atoms with Crippen molar-refractivity contribution in [2.24, 2.45) is 5.10 Å². The van der Waals surface area contributed by atoms with E-state index in [1.807, 2.05) is 48.5 Å². The minimum absolute atomic E-state index is 0.323. The number of H-pyrrole nitrogens is 1. The van der Waals surface area contributed by atoms with Gasteiger partial charge in [-0.15, -0.1) is 0 Å². The number of hydrogen-bond donors (Lipinski definition) is 1. The summed E-state index contributed by atoms with van der Waals surface area (Å²) >= 11 is 5.42. The molecule has 10 heteroatoms. The summed E-state index contributed by atoms with van der Waals surface area (Å²) in [6.45, 7) is 0.413. The van der Waals surface area contributed by atoms with Crippen molar-refractivity contribution in [2.45, 2.75) is 6.61 Å². The van der Waals surface area contributed by atoms with Crippen LogP contribution in [-0.2, 0) is 6.61 Å². The van der Waals surface area contributed by atoms with Crippen LogP contribution in [-0.4, -0.2) is 49.5 Å². The zero-order chi connectivity index (χ0) is 25.5. The molecule has 0 saturated heterocycles. The van der Waals surface area contributed by atoms with Crippen LogP contribution in [0.2, 0.25) is 0 Å². The summed E-state index contributed by atoms with van der Waals surface area (Å²) in [5.74, 6) is 3.17. The van der Waals surface area contributed by atoms with Gasteiger partial charge in [0.1, 0.15) is 6.61 Å². The molecule has 0 bridgehead atoms. The molecule has 0 fully saturated rings. The maximum Gasteiger partial charge on any atom is 0.216 e. The van der Waals surface area contributed by atoms with Gasteiger partial charge in [0, 0.05) is 5.56 Å². The van der Waals surface area contributed by atoms with Crippen LogP contribution in [0.25, 0.3) is 11.4 Å². The topological polar surface area (TPSA) is 92.1 Å². The Morgan fingerprint density at radius 3 is 2.19 bits per heavy atom. The van der Waals surface area contributed by atoms with E-state index < -0.39 is 0 Å². The highest BCUT2D eigenvalue weighted by Gasteiger charge is 2.17. The summed E-state index contributed by atoms with van der Waals surface area (Å²) in [6.07, 6.45) is 1.67. The van der Waals surface area contributed by atoms with Gasteiger partial charge < -0.3 is 23.7 Å². The quantitative estimate of drug-likeness (QED) is 0.236. The van der Waals surface area contributed by atoms with Crippen molar-refractivity contribution in [1.82, 2.24) is 14.9 Å². The zero-order valence-corrected chi connectivity index (χ0v) is 21.2. The molecule has 3 aromatic carbocycles. The molecule has 0 spiro atoms. The Morgan fingerprint density at radius 2 is 1.56 bits per heavy atom. The monoisotopic (exact) mass is 506 g/mol. The predicted octanol–water partition coefficient (Wildman–Crippen LogP) is 5.10. The minimum atomic E-state index is 0.323. The zero-order valence-electron chi connectivity index (χ0n) is 20.3. The van der Waals surface area contributed by atoms with Crippen LogP contribution in [0.1, 0.15) is 11.1 Å². The predicted molar refractivity (Wildman–Crippen MR) is 139 cm³/mol. The molecule has 4 rings (SSSR count). The SMILES string of the molecule is COc1ccc(C=Nn2c(-c3cc(OC)c(OC)c(OC)c3)n[nH]c2=S)cc1OCc1ccccc1. The summed E-state index contributed by atoms with van der Waals surface area (Å²) in [5, 5.41) is 11.7. The van der Waals surface area contributed by atoms with Crippen LogP contribution in [0, 0.1) is 4.77 Å². The van der Waals surface area contributed by atoms with Crippen LogP contribution in [0.4, 0.5) is 0 Å². The number of nitrogens with one attached hydrogen (secondary N) is 1. The van der Waals surface area contributed by atoms with Crippen molar-refractivity contribution in [1.29, 1.82) is 0 Å². The number of hydrogen-bond acceptors (Lipinski definition) is 8. The molecule has 9 nitrogen and oxygen atoms in total. The van der Waals surface area contributed by atoms with Crippen LogP contribution in [0.5, 0.6) is 28.7 Å². The highest BCUT2D eigenvalue weighted by molar-refractivity contribution is 7.71. The Labute approximate surface area is 213 Å². The van der Waals surface area contributed by atoms with Gasteiger partial charge in [-0.25, -0.2) is 5.10 Å². The summed E-state index contributed by atoms with van der Waals surface area (Å²) in [6, 6.07) is 19.0. The van der Waals surface area contributed by atoms with Crippen molar-refractivity contribution in [3.8, 4) is 40.1 Å². The van der Waals surface area contributed by atoms with Crippen molar-refractivity contribution >= 4 is 18.4 Å². The molecular formula is C26H26N4O5S. The average molecular weight is 507 g/mol. The lowest BCUT2D eigenvalue weighted by Gasteiger charge is -2.13. The summed E-state index contributed by atoms with van der Waals surface area (Å²) < 4.78 is 29.6. The van der Waals surface area contributed by atoms with Gasteiger partial charge in [0.05, 0.1) is 34.7 Å². The molecule has 0 amide bonds. The number of rotatable bonds is 10. The van der Waals surface area contributed by atoms with Crippen LogP contribution in [0.15, 0.2) is 65.8 Å². The fourth-order valence-electron chi connectivity index (χ4n) is 3.54. The molecule has 0 aliphatic rings. The van der Waals surface area contributed by atoms with Crippen molar-refractivity contribution in [3.63, 3.8) is 0 Å². The Kier molecular flexibility index (Phi) is 7.86. The third-order valence-electron chi connectivity index (χ3n) is 5.32. The molecule has 0 atom stereocenters. The van der Waals surface area contributed by atoms with E-state index >= 15 is 0 Å². The molecule has 36 heavy (non-hydrogen) atoms. The van der Waals surface area contributed by atoms with Gasteiger partial charge in [-0.3, -0.25) is 0 Å². The highest BCUT2D eigenvalue weighted by Crippen LogP contribution is 2.40. The van der Waals surface area contributed by atoms with Gasteiger partial charge in [-0.2, -0.15) is 14.9 Å². The number of aromatic nitrogens is 3. The lowest BCUT2D eigenvalue weighted by molar-refractivity contribution is 0.284. The minimum Gasteiger partial charge on any atom is -0.493 e. The van der Waals surface area contributed by atoms with Gasteiger partial charge in [-0.1, -0.05) is 30.3 Å². The molecule has 0 unspecified atom stereocenters. The largest absolute Gasteiger partial charge is 0.493 e. The van der Waals surface area contributed by atoms with Crippen molar-refractivity contribution in [3.05, 3.63) is 76.6 Å². The van der Waals surface area contributed by atoms with E-state index in [1.54, 1.807) is 46.8 Å². The van der Waals surface area contributed by atoms with E-state index in [2.05, 4.69) is 15.3 Å².